The summed E-state index contributed by atoms with van der Waals surface area (Å²) in [6.45, 7) is 7.77. The third-order valence-corrected chi connectivity index (χ3v) is 6.37. The molecule has 0 bridgehead atoms. The van der Waals surface area contributed by atoms with Gasteiger partial charge in [0, 0.05) is 17.8 Å². The molecule has 2 aromatic carbocycles. The number of halogens is 3. The van der Waals surface area contributed by atoms with Crippen molar-refractivity contribution < 1.29 is 14.0 Å². The molecular weight excluding hydrogens is 470 g/mol. The maximum absolute atomic E-state index is 13.9. The van der Waals surface area contributed by atoms with Gasteiger partial charge >= 0.3 is 0 Å². The largest absolute Gasteiger partial charge is 0.350 e. The van der Waals surface area contributed by atoms with E-state index < -0.39 is 11.6 Å². The molecule has 0 aliphatic heterocycles. The molecule has 0 aliphatic rings. The Kier molecular flexibility index (Phi) is 9.86. The molecule has 2 rings (SSSR count). The maximum atomic E-state index is 13.9. The lowest BCUT2D eigenvalue weighted by molar-refractivity contribution is -0.140. The smallest absolute Gasteiger partial charge is 0.243 e. The lowest BCUT2D eigenvalue weighted by Crippen LogP contribution is -2.53. The molecule has 32 heavy (non-hydrogen) atoms. The van der Waals surface area contributed by atoms with Crippen molar-refractivity contribution in [2.45, 2.75) is 58.0 Å². The molecule has 0 saturated heterocycles. The van der Waals surface area contributed by atoms with E-state index in [1.165, 1.54) is 17.8 Å². The van der Waals surface area contributed by atoms with Crippen LogP contribution in [0.3, 0.4) is 0 Å². The summed E-state index contributed by atoms with van der Waals surface area (Å²) in [4.78, 5) is 27.8. The Morgan fingerprint density at radius 2 is 1.81 bits per heavy atom. The molecule has 8 heteroatoms. The molecule has 174 valence electrons. The van der Waals surface area contributed by atoms with Gasteiger partial charge in [-0.05, 0) is 56.5 Å². The number of amides is 2. The number of nitrogens with zero attached hydrogens (tertiary/aromatic N) is 1. The zero-order valence-electron chi connectivity index (χ0n) is 18.8. The van der Waals surface area contributed by atoms with Crippen molar-refractivity contribution in [2.24, 2.45) is 0 Å². The number of hydrogen-bond donors (Lipinski definition) is 1. The molecule has 1 N–H and O–H groups in total. The highest BCUT2D eigenvalue weighted by Crippen LogP contribution is 2.25. The fourth-order valence-corrected chi connectivity index (χ4v) is 4.37. The summed E-state index contributed by atoms with van der Waals surface area (Å²) in [5.74, 6) is -0.226. The molecule has 0 fully saturated rings. The second kappa shape index (κ2) is 11.9. The Labute approximate surface area is 203 Å². The van der Waals surface area contributed by atoms with E-state index >= 15 is 0 Å². The van der Waals surface area contributed by atoms with Gasteiger partial charge in [0.15, 0.2) is 0 Å². The van der Waals surface area contributed by atoms with Crippen LogP contribution in [0.5, 0.6) is 0 Å². The summed E-state index contributed by atoms with van der Waals surface area (Å²) in [6, 6.07) is 11.0. The maximum Gasteiger partial charge on any atom is 0.243 e. The van der Waals surface area contributed by atoms with Gasteiger partial charge in [0.1, 0.15) is 11.9 Å². The Morgan fingerprint density at radius 3 is 2.41 bits per heavy atom. The van der Waals surface area contributed by atoms with E-state index in [0.29, 0.717) is 27.8 Å². The summed E-state index contributed by atoms with van der Waals surface area (Å²) in [5.41, 5.74) is 0.885. The predicted molar refractivity (Wildman–Crippen MR) is 132 cm³/mol. The summed E-state index contributed by atoms with van der Waals surface area (Å²) in [5, 5.41) is 3.77. The van der Waals surface area contributed by atoms with Crippen molar-refractivity contribution in [2.75, 3.05) is 5.75 Å². The van der Waals surface area contributed by atoms with Crippen LogP contribution in [-0.4, -0.2) is 34.0 Å². The monoisotopic (exact) mass is 498 g/mol. The van der Waals surface area contributed by atoms with Crippen LogP contribution in [0.15, 0.2) is 42.5 Å². The molecule has 0 aliphatic carbocycles. The van der Waals surface area contributed by atoms with Crippen LogP contribution in [0.2, 0.25) is 10.0 Å². The minimum absolute atomic E-state index is 0.120. The Bertz CT molecular complexity index is 950. The molecule has 2 amide bonds. The van der Waals surface area contributed by atoms with Crippen LogP contribution in [0.4, 0.5) is 4.39 Å². The third kappa shape index (κ3) is 7.98. The predicted octanol–water partition coefficient (Wildman–Crippen LogP) is 6.09. The first-order chi connectivity index (χ1) is 15.0. The van der Waals surface area contributed by atoms with E-state index in [9.17, 15) is 14.0 Å². The number of carbonyl (C=O) groups is 2. The molecular formula is C24H29Cl2FN2O2S. The van der Waals surface area contributed by atoms with Crippen molar-refractivity contribution >= 4 is 46.8 Å². The molecule has 0 spiro atoms. The minimum atomic E-state index is -0.648. The summed E-state index contributed by atoms with van der Waals surface area (Å²) >= 11 is 13.5. The zero-order valence-corrected chi connectivity index (χ0v) is 21.1. The molecule has 2 aromatic rings. The Balaban J connectivity index is 2.20. The highest BCUT2D eigenvalue weighted by Gasteiger charge is 2.30. The van der Waals surface area contributed by atoms with Crippen LogP contribution in [0.1, 0.15) is 45.2 Å². The lowest BCUT2D eigenvalue weighted by atomic mass is 10.1. The van der Waals surface area contributed by atoms with Crippen molar-refractivity contribution in [1.82, 2.24) is 10.2 Å². The van der Waals surface area contributed by atoms with Crippen molar-refractivity contribution in [3.8, 4) is 0 Å². The second-order valence-electron chi connectivity index (χ2n) is 8.52. The average molecular weight is 499 g/mol. The summed E-state index contributed by atoms with van der Waals surface area (Å²) < 4.78 is 13.9. The van der Waals surface area contributed by atoms with Crippen LogP contribution in [0.25, 0.3) is 0 Å². The zero-order chi connectivity index (χ0) is 23.9. The van der Waals surface area contributed by atoms with Crippen LogP contribution in [-0.2, 0) is 21.9 Å². The summed E-state index contributed by atoms with van der Waals surface area (Å²) in [7, 11) is 0. The van der Waals surface area contributed by atoms with Gasteiger partial charge in [0.05, 0.1) is 15.8 Å². The number of rotatable bonds is 9. The van der Waals surface area contributed by atoms with E-state index in [-0.39, 0.29) is 29.9 Å². The van der Waals surface area contributed by atoms with Gasteiger partial charge in [-0.15, -0.1) is 11.8 Å². The van der Waals surface area contributed by atoms with Crippen LogP contribution < -0.4 is 5.32 Å². The van der Waals surface area contributed by atoms with Gasteiger partial charge in [-0.2, -0.15) is 0 Å². The van der Waals surface area contributed by atoms with Crippen molar-refractivity contribution in [3.05, 3.63) is 69.5 Å². The topological polar surface area (TPSA) is 49.4 Å². The van der Waals surface area contributed by atoms with Gasteiger partial charge < -0.3 is 10.2 Å². The highest BCUT2D eigenvalue weighted by molar-refractivity contribution is 7.99. The number of hydrogen-bond acceptors (Lipinski definition) is 3. The highest BCUT2D eigenvalue weighted by atomic mass is 35.5. The molecule has 1 atom stereocenters. The standard InChI is InChI=1S/C24H29Cl2FN2O2S/c1-5-21(23(31)28-24(2,3)4)29(13-16-10-11-18(25)19(26)12-16)22(30)15-32-14-17-8-6-7-9-20(17)27/h6-12,21H,5,13-15H2,1-4H3,(H,28,31)/t21-/m1/s1. The van der Waals surface area contributed by atoms with Crippen molar-refractivity contribution in [3.63, 3.8) is 0 Å². The fourth-order valence-electron chi connectivity index (χ4n) is 3.15. The number of thioether (sulfide) groups is 1. The first kappa shape index (κ1) is 26.5. The number of nitrogens with one attached hydrogen (secondary N) is 1. The van der Waals surface area contributed by atoms with E-state index in [1.807, 2.05) is 27.7 Å². The fraction of sp³-hybridized carbons (Fsp3) is 0.417. The molecule has 0 saturated carbocycles. The third-order valence-electron chi connectivity index (χ3n) is 4.66. The van der Waals surface area contributed by atoms with Gasteiger partial charge in [-0.3, -0.25) is 9.59 Å². The lowest BCUT2D eigenvalue weighted by Gasteiger charge is -2.33. The first-order valence-corrected chi connectivity index (χ1v) is 12.3. The van der Waals surface area contributed by atoms with Gasteiger partial charge in [-0.25, -0.2) is 4.39 Å². The molecule has 4 nitrogen and oxygen atoms in total. The van der Waals surface area contributed by atoms with Gasteiger partial charge in [-0.1, -0.05) is 54.4 Å². The molecule has 0 heterocycles. The van der Waals surface area contributed by atoms with Gasteiger partial charge in [0.25, 0.3) is 0 Å². The molecule has 0 aromatic heterocycles. The van der Waals surface area contributed by atoms with Crippen molar-refractivity contribution in [1.29, 1.82) is 0 Å². The summed E-state index contributed by atoms with van der Waals surface area (Å²) in [6.07, 6.45) is 0.451. The van der Waals surface area contributed by atoms with E-state index in [4.69, 9.17) is 23.2 Å². The van der Waals surface area contributed by atoms with Crippen LogP contribution >= 0.6 is 35.0 Å². The quantitative estimate of drug-likeness (QED) is 0.455. The van der Waals surface area contributed by atoms with E-state index in [0.717, 1.165) is 5.56 Å². The van der Waals surface area contributed by atoms with E-state index in [1.54, 1.807) is 41.3 Å². The first-order valence-electron chi connectivity index (χ1n) is 10.4. The second-order valence-corrected chi connectivity index (χ2v) is 10.3. The normalized spacial score (nSPS) is 12.3. The van der Waals surface area contributed by atoms with E-state index in [2.05, 4.69) is 5.32 Å². The Morgan fingerprint density at radius 1 is 1.12 bits per heavy atom. The number of carbonyl (C=O) groups excluding carboxylic acids is 2. The average Bonchev–Trinajstić information content (AvgIpc) is 2.70. The minimum Gasteiger partial charge on any atom is -0.350 e. The Hall–Kier alpha value is -1.76. The molecule has 0 unspecified atom stereocenters. The van der Waals surface area contributed by atoms with Gasteiger partial charge in [0.2, 0.25) is 11.8 Å². The molecule has 0 radical (unpaired) electrons. The van der Waals surface area contributed by atoms with Crippen LogP contribution in [0, 0.1) is 5.82 Å². The number of benzene rings is 2. The SMILES string of the molecule is CC[C@H](C(=O)NC(C)(C)C)N(Cc1ccc(Cl)c(Cl)c1)C(=O)CSCc1ccccc1F.